The molecule has 1 unspecified atom stereocenters. The van der Waals surface area contributed by atoms with E-state index in [1.54, 1.807) is 26.0 Å². The van der Waals surface area contributed by atoms with Gasteiger partial charge in [-0.1, -0.05) is 12.7 Å². The van der Waals surface area contributed by atoms with Crippen LogP contribution in [0.15, 0.2) is 29.7 Å². The average Bonchev–Trinajstić information content (AvgIpc) is 2.21. The van der Waals surface area contributed by atoms with E-state index in [1.807, 2.05) is 6.92 Å². The molecule has 17 heavy (non-hydrogen) atoms. The van der Waals surface area contributed by atoms with Crippen LogP contribution >= 0.6 is 10.7 Å². The number of aryl methyl sites for hydroxylation is 2. The van der Waals surface area contributed by atoms with Crippen molar-refractivity contribution in [1.82, 2.24) is 0 Å². The van der Waals surface area contributed by atoms with Crippen molar-refractivity contribution in [3.63, 3.8) is 0 Å². The maximum atomic E-state index is 11.3. The Hall–Kier alpha value is -1.00. The topological polar surface area (TPSA) is 43.4 Å². The molecule has 0 N–H and O–H groups in total. The molecule has 1 aromatic rings. The highest BCUT2D eigenvalue weighted by Crippen LogP contribution is 2.28. The van der Waals surface area contributed by atoms with Crippen LogP contribution in [0, 0.1) is 13.8 Å². The normalized spacial score (nSPS) is 13.2. The third-order valence-electron chi connectivity index (χ3n) is 2.38. The first-order valence-corrected chi connectivity index (χ1v) is 7.41. The third-order valence-corrected chi connectivity index (χ3v) is 3.84. The SMILES string of the molecule is C=CC(C)Oc1cc(C)c(S(=O)(=O)Cl)cc1C. The van der Waals surface area contributed by atoms with Crippen LogP contribution in [0.25, 0.3) is 0 Å². The van der Waals surface area contributed by atoms with Gasteiger partial charge in [0.2, 0.25) is 0 Å². The molecule has 1 rings (SSSR count). The molecular formula is C12H15ClO3S. The predicted molar refractivity (Wildman–Crippen MR) is 69.2 cm³/mol. The minimum Gasteiger partial charge on any atom is -0.486 e. The Bertz CT molecular complexity index is 535. The van der Waals surface area contributed by atoms with Crippen LogP contribution in [-0.2, 0) is 9.05 Å². The van der Waals surface area contributed by atoms with Crippen molar-refractivity contribution < 1.29 is 13.2 Å². The molecule has 0 heterocycles. The zero-order chi connectivity index (χ0) is 13.2. The van der Waals surface area contributed by atoms with Gasteiger partial charge in [-0.25, -0.2) is 8.42 Å². The maximum Gasteiger partial charge on any atom is 0.261 e. The molecule has 0 saturated carbocycles. The quantitative estimate of drug-likeness (QED) is 0.626. The summed E-state index contributed by atoms with van der Waals surface area (Å²) in [5.74, 6) is 0.638. The smallest absolute Gasteiger partial charge is 0.261 e. The number of halogens is 1. The maximum absolute atomic E-state index is 11.3. The summed E-state index contributed by atoms with van der Waals surface area (Å²) in [7, 11) is 1.63. The minimum atomic E-state index is -3.71. The highest BCUT2D eigenvalue weighted by molar-refractivity contribution is 8.13. The van der Waals surface area contributed by atoms with Crippen molar-refractivity contribution in [1.29, 1.82) is 0 Å². The van der Waals surface area contributed by atoms with E-state index in [0.29, 0.717) is 11.3 Å². The van der Waals surface area contributed by atoms with Crippen LogP contribution in [0.2, 0.25) is 0 Å². The molecule has 0 saturated heterocycles. The zero-order valence-corrected chi connectivity index (χ0v) is 11.6. The molecule has 0 aliphatic carbocycles. The lowest BCUT2D eigenvalue weighted by atomic mass is 10.1. The van der Waals surface area contributed by atoms with Gasteiger partial charge in [0.25, 0.3) is 9.05 Å². The van der Waals surface area contributed by atoms with E-state index >= 15 is 0 Å². The summed E-state index contributed by atoms with van der Waals surface area (Å²) in [4.78, 5) is 0.121. The molecule has 0 aliphatic heterocycles. The molecule has 0 amide bonds. The molecule has 0 radical (unpaired) electrons. The van der Waals surface area contributed by atoms with Gasteiger partial charge in [-0.05, 0) is 44.0 Å². The van der Waals surface area contributed by atoms with Crippen LogP contribution in [0.5, 0.6) is 5.75 Å². The molecule has 1 atom stereocenters. The molecular weight excluding hydrogens is 260 g/mol. The fourth-order valence-electron chi connectivity index (χ4n) is 1.40. The van der Waals surface area contributed by atoms with Gasteiger partial charge in [0.1, 0.15) is 11.9 Å². The van der Waals surface area contributed by atoms with Crippen molar-refractivity contribution in [3.05, 3.63) is 35.9 Å². The first-order valence-electron chi connectivity index (χ1n) is 5.11. The summed E-state index contributed by atoms with van der Waals surface area (Å²) >= 11 is 0. The van der Waals surface area contributed by atoms with Crippen molar-refractivity contribution in [2.75, 3.05) is 0 Å². The number of ether oxygens (including phenoxy) is 1. The zero-order valence-electron chi connectivity index (χ0n) is 10.0. The first-order chi connectivity index (χ1) is 7.75. The van der Waals surface area contributed by atoms with Crippen LogP contribution in [-0.4, -0.2) is 14.5 Å². The van der Waals surface area contributed by atoms with E-state index in [2.05, 4.69) is 6.58 Å². The van der Waals surface area contributed by atoms with Gasteiger partial charge in [-0.3, -0.25) is 0 Å². The number of rotatable bonds is 4. The lowest BCUT2D eigenvalue weighted by Gasteiger charge is -2.15. The van der Waals surface area contributed by atoms with E-state index in [4.69, 9.17) is 15.4 Å². The largest absolute Gasteiger partial charge is 0.486 e. The lowest BCUT2D eigenvalue weighted by molar-refractivity contribution is 0.268. The van der Waals surface area contributed by atoms with Gasteiger partial charge >= 0.3 is 0 Å². The number of hydrogen-bond donors (Lipinski definition) is 0. The molecule has 0 bridgehead atoms. The molecule has 0 aliphatic rings. The van der Waals surface area contributed by atoms with E-state index in [9.17, 15) is 8.42 Å². The van der Waals surface area contributed by atoms with E-state index < -0.39 is 9.05 Å². The van der Waals surface area contributed by atoms with Crippen molar-refractivity contribution in [2.24, 2.45) is 0 Å². The third kappa shape index (κ3) is 3.48. The number of benzene rings is 1. The molecule has 5 heteroatoms. The van der Waals surface area contributed by atoms with Gasteiger partial charge in [0.15, 0.2) is 0 Å². The van der Waals surface area contributed by atoms with Crippen molar-refractivity contribution in [2.45, 2.75) is 31.8 Å². The van der Waals surface area contributed by atoms with Gasteiger partial charge < -0.3 is 4.74 Å². The second kappa shape index (κ2) is 5.10. The minimum absolute atomic E-state index is 0.121. The fourth-order valence-corrected chi connectivity index (χ4v) is 2.66. The second-order valence-corrected chi connectivity index (χ2v) is 6.41. The van der Waals surface area contributed by atoms with Gasteiger partial charge in [0, 0.05) is 10.7 Å². The molecule has 3 nitrogen and oxygen atoms in total. The highest BCUT2D eigenvalue weighted by atomic mass is 35.7. The van der Waals surface area contributed by atoms with Gasteiger partial charge in [-0.15, -0.1) is 0 Å². The molecule has 0 spiro atoms. The first kappa shape index (κ1) is 14.1. The Morgan fingerprint density at radius 3 is 2.41 bits per heavy atom. The van der Waals surface area contributed by atoms with Gasteiger partial charge in [-0.2, -0.15) is 0 Å². The number of hydrogen-bond acceptors (Lipinski definition) is 3. The Balaban J connectivity index is 3.23. The van der Waals surface area contributed by atoms with Gasteiger partial charge in [0.05, 0.1) is 4.90 Å². The summed E-state index contributed by atoms with van der Waals surface area (Å²) in [6, 6.07) is 3.19. The van der Waals surface area contributed by atoms with E-state index in [1.165, 1.54) is 6.07 Å². The standard InChI is InChI=1S/C12H15ClO3S/c1-5-10(4)16-11-6-9(3)12(7-8(11)2)17(13,14)15/h5-7,10H,1H2,2-4H3. The molecule has 0 fully saturated rings. The summed E-state index contributed by atoms with van der Waals surface area (Å²) in [5.41, 5.74) is 1.29. The Kier molecular flexibility index (Phi) is 4.22. The molecule has 0 aromatic heterocycles. The predicted octanol–water partition coefficient (Wildman–Crippen LogP) is 3.18. The summed E-state index contributed by atoms with van der Waals surface area (Å²) in [5, 5.41) is 0. The summed E-state index contributed by atoms with van der Waals surface area (Å²) < 4.78 is 28.2. The van der Waals surface area contributed by atoms with Crippen molar-refractivity contribution in [3.8, 4) is 5.75 Å². The lowest BCUT2D eigenvalue weighted by Crippen LogP contribution is -2.09. The Morgan fingerprint density at radius 1 is 1.35 bits per heavy atom. The van der Waals surface area contributed by atoms with E-state index in [-0.39, 0.29) is 11.0 Å². The fraction of sp³-hybridized carbons (Fsp3) is 0.333. The average molecular weight is 275 g/mol. The second-order valence-electron chi connectivity index (χ2n) is 3.88. The van der Waals surface area contributed by atoms with Crippen LogP contribution in [0.4, 0.5) is 0 Å². The van der Waals surface area contributed by atoms with Crippen LogP contribution in [0.3, 0.4) is 0 Å². The van der Waals surface area contributed by atoms with E-state index in [0.717, 1.165) is 5.56 Å². The Morgan fingerprint density at radius 2 is 1.94 bits per heavy atom. The summed E-state index contributed by atoms with van der Waals surface area (Å²) in [6.45, 7) is 8.93. The molecule has 1 aromatic carbocycles. The monoisotopic (exact) mass is 274 g/mol. The van der Waals surface area contributed by atoms with Crippen LogP contribution in [0.1, 0.15) is 18.1 Å². The molecule has 94 valence electrons. The summed E-state index contributed by atoms with van der Waals surface area (Å²) in [6.07, 6.45) is 1.53. The Labute approximate surface area is 106 Å². The van der Waals surface area contributed by atoms with Crippen molar-refractivity contribution >= 4 is 19.7 Å². The van der Waals surface area contributed by atoms with Crippen LogP contribution < -0.4 is 4.74 Å². The highest BCUT2D eigenvalue weighted by Gasteiger charge is 2.16.